The highest BCUT2D eigenvalue weighted by atomic mass is 15.5. The minimum absolute atomic E-state index is 0.890. The average Bonchev–Trinajstić information content (AvgIpc) is 2.55. The lowest BCUT2D eigenvalue weighted by Gasteiger charge is -2.29. The van der Waals surface area contributed by atoms with E-state index in [4.69, 9.17) is 0 Å². The number of nitrogens with zero attached hydrogens (tertiary/aromatic N) is 5. The molecule has 5 heteroatoms. The minimum atomic E-state index is 0.890. The second-order valence-corrected chi connectivity index (χ2v) is 4.48. The molecule has 1 aromatic rings. The molecule has 3 heterocycles. The van der Waals surface area contributed by atoms with Crippen LogP contribution in [-0.2, 0) is 0 Å². The van der Waals surface area contributed by atoms with Crippen molar-refractivity contribution in [1.29, 1.82) is 0 Å². The van der Waals surface area contributed by atoms with Crippen molar-refractivity contribution < 1.29 is 0 Å². The first-order chi connectivity index (χ1) is 8.29. The van der Waals surface area contributed by atoms with Gasteiger partial charge in [0, 0.05) is 25.6 Å². The zero-order valence-corrected chi connectivity index (χ0v) is 10.3. The molecule has 3 rings (SSSR count). The highest BCUT2D eigenvalue weighted by molar-refractivity contribution is 6.04. The Morgan fingerprint density at radius 3 is 3.06 bits per heavy atom. The van der Waals surface area contributed by atoms with Gasteiger partial charge < -0.3 is 0 Å². The van der Waals surface area contributed by atoms with Crippen molar-refractivity contribution >= 4 is 17.6 Å². The Kier molecular flexibility index (Phi) is 2.46. The van der Waals surface area contributed by atoms with E-state index in [1.54, 1.807) is 0 Å². The average molecular weight is 231 g/mol. The van der Waals surface area contributed by atoms with Gasteiger partial charge in [-0.25, -0.2) is 4.99 Å². The van der Waals surface area contributed by atoms with E-state index < -0.39 is 0 Å². The number of aromatic nitrogens is 2. The third kappa shape index (κ3) is 1.66. The van der Waals surface area contributed by atoms with E-state index in [0.717, 1.165) is 49.2 Å². The van der Waals surface area contributed by atoms with Crippen LogP contribution in [0.15, 0.2) is 16.1 Å². The standard InChI is InChI=1S/C12H17N5/c1-3-10-14-11-8-9(2)15-17(11)12-13-6-4-5-7-16(10)12/h8H,3-7H2,1-2H3. The molecule has 0 saturated carbocycles. The van der Waals surface area contributed by atoms with Crippen molar-refractivity contribution in [1.82, 2.24) is 14.7 Å². The number of hydrogen-bond acceptors (Lipinski definition) is 4. The summed E-state index contributed by atoms with van der Waals surface area (Å²) in [4.78, 5) is 11.5. The number of aliphatic imine (C=N–C) groups is 2. The van der Waals surface area contributed by atoms with Crippen LogP contribution < -0.4 is 0 Å². The maximum Gasteiger partial charge on any atom is 0.229 e. The monoisotopic (exact) mass is 231 g/mol. The zero-order valence-electron chi connectivity index (χ0n) is 10.3. The van der Waals surface area contributed by atoms with Crippen LogP contribution in [0, 0.1) is 6.92 Å². The molecular weight excluding hydrogens is 214 g/mol. The van der Waals surface area contributed by atoms with Crippen LogP contribution in [0.1, 0.15) is 31.9 Å². The molecule has 0 N–H and O–H groups in total. The van der Waals surface area contributed by atoms with Gasteiger partial charge in [0.1, 0.15) is 5.84 Å². The molecule has 2 aliphatic rings. The summed E-state index contributed by atoms with van der Waals surface area (Å²) in [5, 5.41) is 4.48. The Balaban J connectivity index is 2.14. The van der Waals surface area contributed by atoms with E-state index in [9.17, 15) is 0 Å². The maximum absolute atomic E-state index is 4.67. The van der Waals surface area contributed by atoms with Gasteiger partial charge in [0.25, 0.3) is 0 Å². The topological polar surface area (TPSA) is 45.8 Å². The first kappa shape index (κ1) is 10.5. The molecule has 0 spiro atoms. The Bertz CT molecular complexity index is 497. The molecule has 0 fully saturated rings. The van der Waals surface area contributed by atoms with Crippen LogP contribution in [0.2, 0.25) is 0 Å². The van der Waals surface area contributed by atoms with Gasteiger partial charge in [-0.2, -0.15) is 9.78 Å². The summed E-state index contributed by atoms with van der Waals surface area (Å²) in [5.74, 6) is 2.98. The zero-order chi connectivity index (χ0) is 11.8. The van der Waals surface area contributed by atoms with Gasteiger partial charge in [-0.3, -0.25) is 9.89 Å². The molecule has 0 unspecified atom stereocenters. The molecule has 0 saturated heterocycles. The number of hydrogen-bond donors (Lipinski definition) is 0. The van der Waals surface area contributed by atoms with Crippen LogP contribution in [-0.4, -0.2) is 39.6 Å². The third-order valence-electron chi connectivity index (χ3n) is 3.16. The lowest BCUT2D eigenvalue weighted by molar-refractivity contribution is 0.542. The van der Waals surface area contributed by atoms with Crippen LogP contribution in [0.4, 0.5) is 5.82 Å². The number of rotatable bonds is 1. The molecule has 90 valence electrons. The van der Waals surface area contributed by atoms with E-state index in [1.807, 2.05) is 17.7 Å². The van der Waals surface area contributed by atoms with E-state index in [1.165, 1.54) is 6.42 Å². The largest absolute Gasteiger partial charge is 0.299 e. The fourth-order valence-electron chi connectivity index (χ4n) is 2.35. The molecule has 0 aromatic carbocycles. The van der Waals surface area contributed by atoms with Gasteiger partial charge in [-0.15, -0.1) is 0 Å². The van der Waals surface area contributed by atoms with E-state index in [2.05, 4.69) is 26.9 Å². The Morgan fingerprint density at radius 1 is 1.35 bits per heavy atom. The number of fused-ring (bicyclic) bond motifs is 3. The lowest BCUT2D eigenvalue weighted by Crippen LogP contribution is -2.43. The minimum Gasteiger partial charge on any atom is -0.299 e. The fraction of sp³-hybridized carbons (Fsp3) is 0.583. The summed E-state index contributed by atoms with van der Waals surface area (Å²) in [6, 6.07) is 2.01. The Hall–Kier alpha value is -1.65. The highest BCUT2D eigenvalue weighted by Gasteiger charge is 2.27. The molecule has 2 aliphatic heterocycles. The number of aryl methyl sites for hydroxylation is 1. The molecule has 1 aromatic heterocycles. The first-order valence-corrected chi connectivity index (χ1v) is 6.26. The summed E-state index contributed by atoms with van der Waals surface area (Å²) >= 11 is 0. The SMILES string of the molecule is CCC1=Nc2cc(C)nn2C2=NCCCCN12. The second-order valence-electron chi connectivity index (χ2n) is 4.48. The normalized spacial score (nSPS) is 19.1. The van der Waals surface area contributed by atoms with Crippen molar-refractivity contribution in [3.63, 3.8) is 0 Å². The van der Waals surface area contributed by atoms with Gasteiger partial charge in [0.05, 0.1) is 5.69 Å². The van der Waals surface area contributed by atoms with Crippen LogP contribution in [0.25, 0.3) is 0 Å². The Labute approximate surface area is 101 Å². The summed E-state index contributed by atoms with van der Waals surface area (Å²) in [5.41, 5.74) is 0.994. The first-order valence-electron chi connectivity index (χ1n) is 6.26. The van der Waals surface area contributed by atoms with Crippen molar-refractivity contribution in [3.05, 3.63) is 11.8 Å². The Morgan fingerprint density at radius 2 is 2.24 bits per heavy atom. The maximum atomic E-state index is 4.67. The van der Waals surface area contributed by atoms with Gasteiger partial charge in [-0.05, 0) is 19.8 Å². The fourth-order valence-corrected chi connectivity index (χ4v) is 2.35. The van der Waals surface area contributed by atoms with E-state index >= 15 is 0 Å². The second kappa shape index (κ2) is 3.98. The van der Waals surface area contributed by atoms with Crippen LogP contribution >= 0.6 is 0 Å². The number of amidine groups is 1. The molecular formula is C12H17N5. The van der Waals surface area contributed by atoms with Gasteiger partial charge in [-0.1, -0.05) is 6.92 Å². The predicted octanol–water partition coefficient (Wildman–Crippen LogP) is 1.95. The molecule has 5 nitrogen and oxygen atoms in total. The van der Waals surface area contributed by atoms with Crippen molar-refractivity contribution in [2.45, 2.75) is 33.1 Å². The summed E-state index contributed by atoms with van der Waals surface area (Å²) in [6.45, 7) is 6.03. The quantitative estimate of drug-likeness (QED) is 0.741. The van der Waals surface area contributed by atoms with E-state index in [-0.39, 0.29) is 0 Å². The summed E-state index contributed by atoms with van der Waals surface area (Å²) in [6.07, 6.45) is 3.25. The molecule has 0 aliphatic carbocycles. The molecule has 0 bridgehead atoms. The molecule has 0 radical (unpaired) electrons. The summed E-state index contributed by atoms with van der Waals surface area (Å²) < 4.78 is 1.87. The van der Waals surface area contributed by atoms with Crippen molar-refractivity contribution in [2.24, 2.45) is 9.98 Å². The van der Waals surface area contributed by atoms with Gasteiger partial charge >= 0.3 is 0 Å². The van der Waals surface area contributed by atoms with Crippen LogP contribution in [0.3, 0.4) is 0 Å². The lowest BCUT2D eigenvalue weighted by atomic mass is 10.3. The van der Waals surface area contributed by atoms with E-state index in [0.29, 0.717) is 0 Å². The molecule has 0 atom stereocenters. The highest BCUT2D eigenvalue weighted by Crippen LogP contribution is 2.23. The van der Waals surface area contributed by atoms with Crippen molar-refractivity contribution in [2.75, 3.05) is 13.1 Å². The van der Waals surface area contributed by atoms with Gasteiger partial charge in [0.15, 0.2) is 5.82 Å². The molecule has 0 amide bonds. The third-order valence-corrected chi connectivity index (χ3v) is 3.16. The van der Waals surface area contributed by atoms with Gasteiger partial charge in [0.2, 0.25) is 5.96 Å². The smallest absolute Gasteiger partial charge is 0.229 e. The molecule has 17 heavy (non-hydrogen) atoms. The van der Waals surface area contributed by atoms with Crippen molar-refractivity contribution in [3.8, 4) is 0 Å². The summed E-state index contributed by atoms with van der Waals surface area (Å²) in [7, 11) is 0. The predicted molar refractivity (Wildman–Crippen MR) is 68.0 cm³/mol. The van der Waals surface area contributed by atoms with Crippen LogP contribution in [0.5, 0.6) is 0 Å².